The van der Waals surface area contributed by atoms with Crippen LogP contribution >= 0.6 is 23.5 Å². The molecule has 1 aliphatic heterocycles. The average molecular weight is 403 g/mol. The number of aromatic nitrogens is 1. The number of carbonyl (C=O) groups is 2. The first-order chi connectivity index (χ1) is 13.1. The molecule has 7 heteroatoms. The molecule has 0 unspecified atom stereocenters. The molecule has 1 aromatic heterocycles. The molecule has 27 heavy (non-hydrogen) atoms. The monoisotopic (exact) mass is 402 g/mol. The normalized spacial score (nSPS) is 14.6. The fraction of sp³-hybridized carbons (Fsp3) is 0.350. The third kappa shape index (κ3) is 5.05. The highest BCUT2D eigenvalue weighted by atomic mass is 32.2. The Bertz CT molecular complexity index is 836. The maximum atomic E-state index is 12.6. The second kappa shape index (κ2) is 9.28. The summed E-state index contributed by atoms with van der Waals surface area (Å²) in [6.07, 6.45) is 1.25. The molecule has 142 valence electrons. The van der Waals surface area contributed by atoms with Gasteiger partial charge in [0.25, 0.3) is 5.91 Å². The third-order valence-corrected chi connectivity index (χ3v) is 7.07. The topological polar surface area (TPSA) is 68.3 Å². The number of esters is 1. The average Bonchev–Trinajstić information content (AvgIpc) is 2.69. The molecule has 0 aliphatic carbocycles. The van der Waals surface area contributed by atoms with Crippen molar-refractivity contribution in [2.45, 2.75) is 24.9 Å². The number of carbonyl (C=O) groups excluding carboxylic acids is 2. The number of aryl methyl sites for hydroxylation is 1. The summed E-state index contributed by atoms with van der Waals surface area (Å²) in [5, 5.41) is 2.90. The molecule has 1 N–H and O–H groups in total. The van der Waals surface area contributed by atoms with Crippen molar-refractivity contribution in [1.29, 1.82) is 0 Å². The van der Waals surface area contributed by atoms with Crippen LogP contribution in [-0.2, 0) is 4.74 Å². The van der Waals surface area contributed by atoms with E-state index in [1.807, 2.05) is 41.7 Å². The van der Waals surface area contributed by atoms with E-state index in [0.29, 0.717) is 22.4 Å². The summed E-state index contributed by atoms with van der Waals surface area (Å²) in [7, 11) is 0. The predicted octanol–water partition coefficient (Wildman–Crippen LogP) is 4.69. The number of pyridine rings is 1. The van der Waals surface area contributed by atoms with E-state index in [0.717, 1.165) is 5.69 Å². The molecule has 0 spiro atoms. The van der Waals surface area contributed by atoms with Crippen LogP contribution in [0.2, 0.25) is 0 Å². The van der Waals surface area contributed by atoms with Crippen LogP contribution in [0.5, 0.6) is 0 Å². The van der Waals surface area contributed by atoms with Gasteiger partial charge in [-0.2, -0.15) is 0 Å². The first kappa shape index (κ1) is 19.8. The number of nitrogens with one attached hydrogen (secondary N) is 1. The van der Waals surface area contributed by atoms with Crippen molar-refractivity contribution >= 4 is 41.1 Å². The van der Waals surface area contributed by atoms with Gasteiger partial charge in [-0.25, -0.2) is 9.78 Å². The number of benzene rings is 1. The van der Waals surface area contributed by atoms with E-state index in [2.05, 4.69) is 16.4 Å². The van der Waals surface area contributed by atoms with Crippen LogP contribution in [0.25, 0.3) is 0 Å². The molecule has 0 saturated carbocycles. The zero-order valence-electron chi connectivity index (χ0n) is 15.4. The molecule has 0 atom stereocenters. The summed E-state index contributed by atoms with van der Waals surface area (Å²) in [6.45, 7) is 3.75. The van der Waals surface area contributed by atoms with Crippen molar-refractivity contribution < 1.29 is 14.3 Å². The molecule has 1 amide bonds. The smallest absolute Gasteiger partial charge is 0.339 e. The number of hydrogen-bond acceptors (Lipinski definition) is 6. The van der Waals surface area contributed by atoms with Gasteiger partial charge in [0.05, 0.1) is 22.4 Å². The molecular weight excluding hydrogens is 380 g/mol. The van der Waals surface area contributed by atoms with Crippen LogP contribution in [0.1, 0.15) is 50.0 Å². The van der Waals surface area contributed by atoms with Crippen molar-refractivity contribution in [1.82, 2.24) is 4.98 Å². The van der Waals surface area contributed by atoms with Crippen LogP contribution in [0, 0.1) is 6.92 Å². The lowest BCUT2D eigenvalue weighted by Gasteiger charge is -2.21. The molecule has 1 aliphatic rings. The van der Waals surface area contributed by atoms with E-state index in [1.165, 1.54) is 23.5 Å². The zero-order chi connectivity index (χ0) is 19.2. The Hall–Kier alpha value is -1.99. The van der Waals surface area contributed by atoms with E-state index in [1.54, 1.807) is 26.0 Å². The van der Waals surface area contributed by atoms with Crippen LogP contribution in [-0.4, -0.2) is 35.0 Å². The summed E-state index contributed by atoms with van der Waals surface area (Å²) in [5.74, 6) is 1.62. The van der Waals surface area contributed by atoms with E-state index >= 15 is 0 Å². The summed E-state index contributed by atoms with van der Waals surface area (Å²) < 4.78 is 5.41. The number of nitrogens with zero attached hydrogens (tertiary/aromatic N) is 1. The highest BCUT2D eigenvalue weighted by molar-refractivity contribution is 8.16. The summed E-state index contributed by atoms with van der Waals surface area (Å²) in [4.78, 5) is 28.7. The zero-order valence-corrected chi connectivity index (χ0v) is 17.0. The molecule has 1 aromatic carbocycles. The van der Waals surface area contributed by atoms with E-state index < -0.39 is 5.97 Å². The maximum absolute atomic E-state index is 12.6. The Morgan fingerprint density at radius 3 is 2.70 bits per heavy atom. The quantitative estimate of drug-likeness (QED) is 0.732. The highest BCUT2D eigenvalue weighted by Crippen LogP contribution is 2.44. The lowest BCUT2D eigenvalue weighted by atomic mass is 10.1. The first-order valence-electron chi connectivity index (χ1n) is 8.87. The van der Waals surface area contributed by atoms with E-state index in [9.17, 15) is 9.59 Å². The number of hydrogen-bond donors (Lipinski definition) is 1. The molecule has 2 heterocycles. The van der Waals surface area contributed by atoms with Crippen LogP contribution < -0.4 is 5.32 Å². The van der Waals surface area contributed by atoms with Gasteiger partial charge in [-0.15, -0.1) is 23.5 Å². The highest BCUT2D eigenvalue weighted by Gasteiger charge is 2.18. The second-order valence-electron chi connectivity index (χ2n) is 6.06. The van der Waals surface area contributed by atoms with Crippen LogP contribution in [0.4, 0.5) is 5.69 Å². The van der Waals surface area contributed by atoms with Gasteiger partial charge in [0.1, 0.15) is 5.69 Å². The Balaban J connectivity index is 1.72. The fourth-order valence-corrected chi connectivity index (χ4v) is 5.62. The lowest BCUT2D eigenvalue weighted by Crippen LogP contribution is -2.16. The van der Waals surface area contributed by atoms with Crippen molar-refractivity contribution in [2.24, 2.45) is 0 Å². The Labute approximate surface area is 167 Å². The van der Waals surface area contributed by atoms with Crippen molar-refractivity contribution in [2.75, 3.05) is 23.4 Å². The van der Waals surface area contributed by atoms with Crippen molar-refractivity contribution in [3.63, 3.8) is 0 Å². The molecule has 2 aromatic rings. The minimum absolute atomic E-state index is 0.271. The van der Waals surface area contributed by atoms with E-state index in [-0.39, 0.29) is 11.6 Å². The molecule has 1 fully saturated rings. The Kier molecular flexibility index (Phi) is 6.79. The third-order valence-electron chi connectivity index (χ3n) is 4.06. The Morgan fingerprint density at radius 2 is 2.00 bits per heavy atom. The molecule has 0 bridgehead atoms. The minimum atomic E-state index is -0.426. The van der Waals surface area contributed by atoms with Gasteiger partial charge in [0.15, 0.2) is 0 Å². The maximum Gasteiger partial charge on any atom is 0.339 e. The first-order valence-corrected chi connectivity index (χ1v) is 11.0. The van der Waals surface area contributed by atoms with Gasteiger partial charge < -0.3 is 10.1 Å². The van der Waals surface area contributed by atoms with Gasteiger partial charge in [-0.05, 0) is 61.6 Å². The SMILES string of the molecule is CCOC(=O)c1ccc(C(=O)Nc2cccc(C3SCCCS3)c2)nc1C. The van der Waals surface area contributed by atoms with Crippen LogP contribution in [0.3, 0.4) is 0 Å². The van der Waals surface area contributed by atoms with Gasteiger partial charge >= 0.3 is 5.97 Å². The lowest BCUT2D eigenvalue weighted by molar-refractivity contribution is 0.0524. The van der Waals surface area contributed by atoms with Crippen LogP contribution in [0.15, 0.2) is 36.4 Å². The number of rotatable bonds is 5. The molecule has 0 radical (unpaired) electrons. The Morgan fingerprint density at radius 1 is 1.22 bits per heavy atom. The van der Waals surface area contributed by atoms with Gasteiger partial charge in [-0.1, -0.05) is 12.1 Å². The van der Waals surface area contributed by atoms with Crippen molar-refractivity contribution in [3.8, 4) is 0 Å². The molecule has 5 nitrogen and oxygen atoms in total. The summed E-state index contributed by atoms with van der Waals surface area (Å²) in [5.41, 5.74) is 3.08. The van der Waals surface area contributed by atoms with Gasteiger partial charge in [0, 0.05) is 5.69 Å². The largest absolute Gasteiger partial charge is 0.462 e. The van der Waals surface area contributed by atoms with Gasteiger partial charge in [0.2, 0.25) is 0 Å². The molecular formula is C20H22N2O3S2. The fourth-order valence-electron chi connectivity index (χ4n) is 2.75. The second-order valence-corrected chi connectivity index (χ2v) is 8.78. The molecule has 3 rings (SSSR count). The number of thioether (sulfide) groups is 2. The minimum Gasteiger partial charge on any atom is -0.462 e. The predicted molar refractivity (Wildman–Crippen MR) is 112 cm³/mol. The number of amides is 1. The summed E-state index contributed by atoms with van der Waals surface area (Å²) in [6, 6.07) is 11.1. The standard InChI is InChI=1S/C20H22N2O3S2/c1-3-25-19(24)16-8-9-17(21-13(16)2)18(23)22-15-7-4-6-14(12-15)20-26-10-5-11-27-20/h4,6-9,12,20H,3,5,10-11H2,1-2H3,(H,22,23). The van der Waals surface area contributed by atoms with Gasteiger partial charge in [-0.3, -0.25) is 4.79 Å². The van der Waals surface area contributed by atoms with Crippen molar-refractivity contribution in [3.05, 3.63) is 58.9 Å². The number of anilines is 1. The number of ether oxygens (including phenoxy) is 1. The summed E-state index contributed by atoms with van der Waals surface area (Å²) >= 11 is 3.89. The van der Waals surface area contributed by atoms with E-state index in [4.69, 9.17) is 4.74 Å². The molecule has 1 saturated heterocycles.